The highest BCUT2D eigenvalue weighted by Gasteiger charge is 2.37. The second-order valence-corrected chi connectivity index (χ2v) is 11.5. The van der Waals surface area contributed by atoms with E-state index in [9.17, 15) is 4.79 Å². The molecule has 0 aromatic carbocycles. The van der Waals surface area contributed by atoms with E-state index in [1.54, 1.807) is 13.0 Å². The molecule has 0 amide bonds. The van der Waals surface area contributed by atoms with Crippen molar-refractivity contribution in [2.75, 3.05) is 6.61 Å². The zero-order chi connectivity index (χ0) is 16.8. The summed E-state index contributed by atoms with van der Waals surface area (Å²) in [5.74, 6) is -0.354. The van der Waals surface area contributed by atoms with Gasteiger partial charge in [-0.1, -0.05) is 26.8 Å². The summed E-state index contributed by atoms with van der Waals surface area (Å²) in [4.78, 5) is 15.8. The smallest absolute Gasteiger partial charge is 0.330 e. The van der Waals surface area contributed by atoms with Gasteiger partial charge in [-0.3, -0.25) is 4.98 Å². The van der Waals surface area contributed by atoms with E-state index in [1.807, 2.05) is 18.2 Å². The van der Waals surface area contributed by atoms with Crippen LogP contribution < -0.4 is 0 Å². The lowest BCUT2D eigenvalue weighted by Crippen LogP contribution is -2.40. The first kappa shape index (κ1) is 18.6. The molecule has 0 aliphatic rings. The van der Waals surface area contributed by atoms with Crippen LogP contribution in [0.15, 0.2) is 24.3 Å². The molecule has 0 atom stereocenters. The third kappa shape index (κ3) is 5.73. The Morgan fingerprint density at radius 2 is 2.00 bits per heavy atom. The fourth-order valence-electron chi connectivity index (χ4n) is 1.49. The third-order valence-corrected chi connectivity index (χ3v) is 8.37. The second kappa shape index (κ2) is 7.69. The maximum Gasteiger partial charge on any atom is 0.330 e. The fourth-order valence-corrected chi connectivity index (χ4v) is 2.43. The van der Waals surface area contributed by atoms with Crippen molar-refractivity contribution in [3.05, 3.63) is 35.7 Å². The summed E-state index contributed by atoms with van der Waals surface area (Å²) in [7, 11) is -1.78. The number of aromatic nitrogens is 1. The summed E-state index contributed by atoms with van der Waals surface area (Å²) in [6, 6.07) is 5.71. The summed E-state index contributed by atoms with van der Waals surface area (Å²) < 4.78 is 11.0. The van der Waals surface area contributed by atoms with E-state index < -0.39 is 8.32 Å². The van der Waals surface area contributed by atoms with Gasteiger partial charge < -0.3 is 9.16 Å². The Morgan fingerprint density at radius 3 is 2.59 bits per heavy atom. The highest BCUT2D eigenvalue weighted by atomic mass is 28.4. The number of carbonyl (C=O) groups excluding carboxylic acids is 1. The topological polar surface area (TPSA) is 48.4 Å². The summed E-state index contributed by atoms with van der Waals surface area (Å²) in [5, 5.41) is 0.175. The number of pyridine rings is 1. The molecule has 0 bridgehead atoms. The monoisotopic (exact) mass is 321 g/mol. The number of hydrogen-bond donors (Lipinski definition) is 0. The maximum absolute atomic E-state index is 11.3. The van der Waals surface area contributed by atoms with Gasteiger partial charge in [0.25, 0.3) is 0 Å². The minimum Gasteiger partial charge on any atom is -0.463 e. The van der Waals surface area contributed by atoms with Gasteiger partial charge in [0.15, 0.2) is 8.32 Å². The summed E-state index contributed by atoms with van der Waals surface area (Å²) in [6.07, 6.45) is 3.05. The average Bonchev–Trinajstić information content (AvgIpc) is 2.43. The molecule has 0 unspecified atom stereocenters. The molecule has 1 rings (SSSR count). The van der Waals surface area contributed by atoms with Crippen LogP contribution in [0, 0.1) is 0 Å². The Labute approximate surface area is 134 Å². The largest absolute Gasteiger partial charge is 0.463 e. The highest BCUT2D eigenvalue weighted by Crippen LogP contribution is 2.36. The molecule has 1 aromatic heterocycles. The number of hydrogen-bond acceptors (Lipinski definition) is 4. The SMILES string of the molecule is CCOC(=O)/C=C/c1cccc(CO[Si](C)(C)C(C)(C)C)n1. The van der Waals surface area contributed by atoms with Crippen molar-refractivity contribution >= 4 is 20.4 Å². The molecular formula is C17H27NO3Si. The molecule has 0 saturated carbocycles. The van der Waals surface area contributed by atoms with Crippen molar-refractivity contribution in [2.24, 2.45) is 0 Å². The number of ether oxygens (including phenoxy) is 1. The van der Waals surface area contributed by atoms with E-state index in [0.29, 0.717) is 13.2 Å². The molecule has 0 N–H and O–H groups in total. The van der Waals surface area contributed by atoms with Crippen LogP contribution in [0.5, 0.6) is 0 Å². The predicted octanol–water partition coefficient (Wildman–Crippen LogP) is 4.18. The Kier molecular flexibility index (Phi) is 6.50. The van der Waals surface area contributed by atoms with Gasteiger partial charge in [-0.05, 0) is 43.3 Å². The van der Waals surface area contributed by atoms with E-state index in [0.717, 1.165) is 11.4 Å². The van der Waals surface area contributed by atoms with Crippen molar-refractivity contribution in [1.29, 1.82) is 0 Å². The standard InChI is InChI=1S/C17H27NO3Si/c1-7-20-16(19)12-11-14-9-8-10-15(18-14)13-21-22(5,6)17(2,3)4/h8-12H,7,13H2,1-6H3/b12-11+. The van der Waals surface area contributed by atoms with Crippen LogP contribution in [0.4, 0.5) is 0 Å². The molecule has 1 aromatic rings. The molecule has 1 heterocycles. The molecule has 22 heavy (non-hydrogen) atoms. The van der Waals surface area contributed by atoms with Crippen LogP contribution in [-0.2, 0) is 20.6 Å². The lowest BCUT2D eigenvalue weighted by Gasteiger charge is -2.36. The summed E-state index contributed by atoms with van der Waals surface area (Å²) in [6.45, 7) is 13.7. The van der Waals surface area contributed by atoms with E-state index in [1.165, 1.54) is 6.08 Å². The zero-order valence-electron chi connectivity index (χ0n) is 14.5. The van der Waals surface area contributed by atoms with Crippen LogP contribution in [-0.4, -0.2) is 25.9 Å². The van der Waals surface area contributed by atoms with Gasteiger partial charge in [-0.2, -0.15) is 0 Å². The van der Waals surface area contributed by atoms with Gasteiger partial charge in [0.05, 0.1) is 24.6 Å². The first-order valence-corrected chi connectivity index (χ1v) is 10.5. The first-order valence-electron chi connectivity index (χ1n) is 7.60. The number of carbonyl (C=O) groups is 1. The number of esters is 1. The van der Waals surface area contributed by atoms with Crippen molar-refractivity contribution < 1.29 is 14.0 Å². The molecule has 0 saturated heterocycles. The van der Waals surface area contributed by atoms with Crippen LogP contribution in [0.2, 0.25) is 18.1 Å². The van der Waals surface area contributed by atoms with E-state index in [4.69, 9.17) is 9.16 Å². The number of rotatable bonds is 6. The normalized spacial score (nSPS) is 12.6. The Hall–Kier alpha value is -1.46. The van der Waals surface area contributed by atoms with E-state index in [2.05, 4.69) is 38.8 Å². The summed E-state index contributed by atoms with van der Waals surface area (Å²) in [5.41, 5.74) is 1.60. The molecule has 5 heteroatoms. The minimum atomic E-state index is -1.78. The van der Waals surface area contributed by atoms with Crippen molar-refractivity contribution in [3.8, 4) is 0 Å². The maximum atomic E-state index is 11.3. The van der Waals surface area contributed by atoms with Gasteiger partial charge >= 0.3 is 5.97 Å². The zero-order valence-corrected chi connectivity index (χ0v) is 15.5. The Morgan fingerprint density at radius 1 is 1.32 bits per heavy atom. The van der Waals surface area contributed by atoms with Crippen LogP contribution >= 0.6 is 0 Å². The number of nitrogens with zero attached hydrogens (tertiary/aromatic N) is 1. The molecule has 0 aliphatic carbocycles. The van der Waals surface area contributed by atoms with Gasteiger partial charge in [-0.25, -0.2) is 4.79 Å². The predicted molar refractivity (Wildman–Crippen MR) is 91.9 cm³/mol. The van der Waals surface area contributed by atoms with Gasteiger partial charge in [0, 0.05) is 6.08 Å². The van der Waals surface area contributed by atoms with Gasteiger partial charge in [0.1, 0.15) is 0 Å². The minimum absolute atomic E-state index is 0.175. The van der Waals surface area contributed by atoms with Crippen LogP contribution in [0.3, 0.4) is 0 Å². The molecule has 0 radical (unpaired) electrons. The lowest BCUT2D eigenvalue weighted by molar-refractivity contribution is -0.137. The highest BCUT2D eigenvalue weighted by molar-refractivity contribution is 6.74. The van der Waals surface area contributed by atoms with Gasteiger partial charge in [-0.15, -0.1) is 0 Å². The fraction of sp³-hybridized carbons (Fsp3) is 0.529. The molecular weight excluding hydrogens is 294 g/mol. The lowest BCUT2D eigenvalue weighted by atomic mass is 10.2. The first-order chi connectivity index (χ1) is 10.2. The van der Waals surface area contributed by atoms with Gasteiger partial charge in [0.2, 0.25) is 0 Å². The van der Waals surface area contributed by atoms with E-state index in [-0.39, 0.29) is 11.0 Å². The summed E-state index contributed by atoms with van der Waals surface area (Å²) >= 11 is 0. The molecule has 0 aliphatic heterocycles. The second-order valence-electron chi connectivity index (χ2n) is 6.69. The average molecular weight is 321 g/mol. The molecule has 122 valence electrons. The van der Waals surface area contributed by atoms with E-state index >= 15 is 0 Å². The Bertz CT molecular complexity index is 533. The van der Waals surface area contributed by atoms with Crippen LogP contribution in [0.25, 0.3) is 6.08 Å². The quantitative estimate of drug-likeness (QED) is 0.448. The molecule has 4 nitrogen and oxygen atoms in total. The van der Waals surface area contributed by atoms with Crippen molar-refractivity contribution in [1.82, 2.24) is 4.98 Å². The molecule has 0 spiro atoms. The molecule has 0 fully saturated rings. The van der Waals surface area contributed by atoms with Crippen LogP contribution in [0.1, 0.15) is 39.1 Å². The van der Waals surface area contributed by atoms with Crippen molar-refractivity contribution in [3.63, 3.8) is 0 Å². The Balaban J connectivity index is 2.71. The van der Waals surface area contributed by atoms with Crippen molar-refractivity contribution in [2.45, 2.75) is 52.4 Å². The third-order valence-electron chi connectivity index (χ3n) is 3.89.